The molecule has 0 saturated carbocycles. The average Bonchev–Trinajstić information content (AvgIpc) is 2.34. The van der Waals surface area contributed by atoms with Crippen LogP contribution in [0.3, 0.4) is 0 Å². The Morgan fingerprint density at radius 2 is 2.28 bits per heavy atom. The van der Waals surface area contributed by atoms with E-state index in [1.807, 2.05) is 0 Å². The molecule has 1 unspecified atom stereocenters. The van der Waals surface area contributed by atoms with Crippen molar-refractivity contribution in [1.29, 1.82) is 0 Å². The van der Waals surface area contributed by atoms with Crippen LogP contribution >= 0.6 is 11.6 Å². The van der Waals surface area contributed by atoms with Crippen molar-refractivity contribution >= 4 is 23.5 Å². The van der Waals surface area contributed by atoms with Gasteiger partial charge in [-0.3, -0.25) is 10.1 Å². The average molecular weight is 275 g/mol. The second-order valence-electron chi connectivity index (χ2n) is 3.43. The van der Waals surface area contributed by atoms with Crippen LogP contribution in [0.25, 0.3) is 0 Å². The summed E-state index contributed by atoms with van der Waals surface area (Å²) in [7, 11) is 2.98. The van der Waals surface area contributed by atoms with E-state index >= 15 is 0 Å². The first-order valence-corrected chi connectivity index (χ1v) is 5.58. The quantitative estimate of drug-likeness (QED) is 0.730. The van der Waals surface area contributed by atoms with E-state index in [0.29, 0.717) is 13.0 Å². The Hall–Kier alpha value is -1.44. The van der Waals surface area contributed by atoms with E-state index in [9.17, 15) is 4.79 Å². The van der Waals surface area contributed by atoms with E-state index < -0.39 is 11.9 Å². The Morgan fingerprint density at radius 1 is 1.56 bits per heavy atom. The lowest BCUT2D eigenvalue weighted by atomic mass is 10.2. The second kappa shape index (κ2) is 7.10. The molecule has 1 amide bonds. The highest BCUT2D eigenvalue weighted by atomic mass is 35.5. The van der Waals surface area contributed by atoms with Gasteiger partial charge in [-0.25, -0.2) is 4.98 Å². The number of amides is 1. The van der Waals surface area contributed by atoms with Gasteiger partial charge >= 0.3 is 0 Å². The molecule has 0 bridgehead atoms. The third-order valence-corrected chi connectivity index (χ3v) is 2.28. The largest absolute Gasteiger partial charge is 0.481 e. The van der Waals surface area contributed by atoms with E-state index in [1.54, 1.807) is 0 Å². The molecule has 8 heteroatoms. The first-order chi connectivity index (χ1) is 8.56. The van der Waals surface area contributed by atoms with Crippen molar-refractivity contribution in [2.75, 3.05) is 26.1 Å². The Kier molecular flexibility index (Phi) is 5.76. The molecule has 1 heterocycles. The van der Waals surface area contributed by atoms with Crippen LogP contribution in [0.4, 0.5) is 5.95 Å². The third-order valence-electron chi connectivity index (χ3n) is 2.09. The number of nitrogens with one attached hydrogen (secondary N) is 1. The summed E-state index contributed by atoms with van der Waals surface area (Å²) in [4.78, 5) is 19.4. The maximum Gasteiger partial charge on any atom is 0.243 e. The summed E-state index contributed by atoms with van der Waals surface area (Å²) in [6, 6.07) is 0.737. The Bertz CT molecular complexity index is 416. The van der Waals surface area contributed by atoms with Gasteiger partial charge < -0.3 is 15.2 Å². The molecule has 1 aromatic heterocycles. The third kappa shape index (κ3) is 4.44. The topological polar surface area (TPSA) is 99.4 Å². The van der Waals surface area contributed by atoms with Crippen LogP contribution in [-0.4, -0.2) is 42.7 Å². The van der Waals surface area contributed by atoms with Crippen LogP contribution in [0.1, 0.15) is 6.42 Å². The van der Waals surface area contributed by atoms with Gasteiger partial charge in [0, 0.05) is 19.8 Å². The number of nitrogens with two attached hydrogens (primary N) is 1. The minimum atomic E-state index is -0.696. The van der Waals surface area contributed by atoms with Crippen LogP contribution in [0.15, 0.2) is 6.07 Å². The van der Waals surface area contributed by atoms with Crippen molar-refractivity contribution in [1.82, 2.24) is 9.97 Å². The summed E-state index contributed by atoms with van der Waals surface area (Å²) < 4.78 is 9.74. The minimum absolute atomic E-state index is 0.0530. The van der Waals surface area contributed by atoms with Crippen molar-refractivity contribution < 1.29 is 14.3 Å². The molecule has 0 spiro atoms. The molecule has 0 aliphatic heterocycles. The summed E-state index contributed by atoms with van der Waals surface area (Å²) in [5.74, 6) is -0.0932. The minimum Gasteiger partial charge on any atom is -0.481 e. The number of rotatable bonds is 6. The van der Waals surface area contributed by atoms with Crippen molar-refractivity contribution in [2.45, 2.75) is 12.5 Å². The predicted molar refractivity (Wildman–Crippen MR) is 66.7 cm³/mol. The van der Waals surface area contributed by atoms with Gasteiger partial charge in [0.05, 0.1) is 13.2 Å². The molecule has 1 aromatic rings. The van der Waals surface area contributed by atoms with Crippen molar-refractivity contribution in [2.24, 2.45) is 5.73 Å². The van der Waals surface area contributed by atoms with Crippen molar-refractivity contribution in [3.05, 3.63) is 11.2 Å². The lowest BCUT2D eigenvalue weighted by Gasteiger charge is -2.11. The molecule has 100 valence electrons. The number of methoxy groups -OCH3 is 2. The van der Waals surface area contributed by atoms with Gasteiger partial charge in [-0.05, 0) is 6.42 Å². The molecule has 0 radical (unpaired) electrons. The first kappa shape index (κ1) is 14.6. The molecule has 0 aliphatic carbocycles. The van der Waals surface area contributed by atoms with Crippen molar-refractivity contribution in [3.8, 4) is 5.88 Å². The van der Waals surface area contributed by atoms with Crippen LogP contribution in [0, 0.1) is 0 Å². The van der Waals surface area contributed by atoms with E-state index in [0.717, 1.165) is 0 Å². The van der Waals surface area contributed by atoms with E-state index in [4.69, 9.17) is 26.8 Å². The zero-order chi connectivity index (χ0) is 13.5. The Morgan fingerprint density at radius 3 is 2.89 bits per heavy atom. The predicted octanol–water partition coefficient (Wildman–Crippen LogP) is 0.441. The highest BCUT2D eigenvalue weighted by Gasteiger charge is 2.15. The maximum absolute atomic E-state index is 11.7. The van der Waals surface area contributed by atoms with Gasteiger partial charge in [-0.2, -0.15) is 4.98 Å². The monoisotopic (exact) mass is 274 g/mol. The molecular formula is C10H15ClN4O3. The fourth-order valence-corrected chi connectivity index (χ4v) is 1.31. The normalized spacial score (nSPS) is 12.0. The maximum atomic E-state index is 11.7. The number of halogens is 1. The van der Waals surface area contributed by atoms with Crippen LogP contribution < -0.4 is 15.8 Å². The number of nitrogens with zero attached hydrogens (tertiary/aromatic N) is 2. The highest BCUT2D eigenvalue weighted by Crippen LogP contribution is 2.15. The zero-order valence-electron chi connectivity index (χ0n) is 10.1. The zero-order valence-corrected chi connectivity index (χ0v) is 10.9. The number of aromatic nitrogens is 2. The molecular weight excluding hydrogens is 260 g/mol. The molecule has 3 N–H and O–H groups in total. The molecule has 18 heavy (non-hydrogen) atoms. The Balaban J connectivity index is 2.66. The molecule has 0 aliphatic rings. The number of carbonyl (C=O) groups is 1. The molecule has 7 nitrogen and oxygen atoms in total. The van der Waals surface area contributed by atoms with Gasteiger partial charge in [0.15, 0.2) is 0 Å². The van der Waals surface area contributed by atoms with Gasteiger partial charge in [0.1, 0.15) is 5.15 Å². The lowest BCUT2D eigenvalue weighted by molar-refractivity contribution is -0.117. The number of carbonyl (C=O) groups excluding carboxylic acids is 1. The summed E-state index contributed by atoms with van der Waals surface area (Å²) in [5.41, 5.74) is 5.65. The number of anilines is 1. The molecule has 1 atom stereocenters. The van der Waals surface area contributed by atoms with Gasteiger partial charge in [0.25, 0.3) is 0 Å². The van der Waals surface area contributed by atoms with E-state index in [2.05, 4.69) is 15.3 Å². The Labute approximate surface area is 110 Å². The van der Waals surface area contributed by atoms with Crippen molar-refractivity contribution in [3.63, 3.8) is 0 Å². The first-order valence-electron chi connectivity index (χ1n) is 5.20. The summed E-state index contributed by atoms with van der Waals surface area (Å²) in [6.45, 7) is 0.397. The molecule has 0 aromatic carbocycles. The van der Waals surface area contributed by atoms with Gasteiger partial charge in [-0.15, -0.1) is 0 Å². The lowest BCUT2D eigenvalue weighted by Crippen LogP contribution is -2.37. The van der Waals surface area contributed by atoms with Crippen LogP contribution in [-0.2, 0) is 9.53 Å². The van der Waals surface area contributed by atoms with Gasteiger partial charge in [0.2, 0.25) is 17.7 Å². The smallest absolute Gasteiger partial charge is 0.243 e. The van der Waals surface area contributed by atoms with E-state index in [1.165, 1.54) is 20.3 Å². The highest BCUT2D eigenvalue weighted by molar-refractivity contribution is 6.29. The van der Waals surface area contributed by atoms with Crippen LogP contribution in [0.2, 0.25) is 5.15 Å². The number of hydrogen-bond acceptors (Lipinski definition) is 6. The summed E-state index contributed by atoms with van der Waals surface area (Å²) in [5, 5.41) is 2.63. The summed E-state index contributed by atoms with van der Waals surface area (Å²) >= 11 is 5.74. The van der Waals surface area contributed by atoms with Gasteiger partial charge in [-0.1, -0.05) is 11.6 Å². The number of hydrogen-bond donors (Lipinski definition) is 2. The van der Waals surface area contributed by atoms with E-state index in [-0.39, 0.29) is 17.0 Å². The number of ether oxygens (including phenoxy) is 2. The molecule has 0 saturated heterocycles. The molecule has 0 fully saturated rings. The molecule has 1 rings (SSSR count). The standard InChI is InChI=1S/C10H15ClN4O3/c1-17-4-3-6(12)9(16)15-10-13-7(11)5-8(14-10)18-2/h5-6H,3-4,12H2,1-2H3,(H,13,14,15,16). The second-order valence-corrected chi connectivity index (χ2v) is 3.82. The fraction of sp³-hybridized carbons (Fsp3) is 0.500. The van der Waals surface area contributed by atoms with Crippen LogP contribution in [0.5, 0.6) is 5.88 Å². The fourth-order valence-electron chi connectivity index (χ4n) is 1.14. The summed E-state index contributed by atoms with van der Waals surface area (Å²) in [6.07, 6.45) is 0.403. The SMILES string of the molecule is COCCC(N)C(=O)Nc1nc(Cl)cc(OC)n1.